The minimum Gasteiger partial charge on any atom is -0.322 e. The minimum absolute atomic E-state index is 0.0453. The van der Waals surface area contributed by atoms with E-state index in [0.29, 0.717) is 22.4 Å². The third-order valence-corrected chi connectivity index (χ3v) is 4.06. The van der Waals surface area contributed by atoms with Gasteiger partial charge in [0.15, 0.2) is 0 Å². The molecule has 0 aromatic heterocycles. The first-order valence-electron chi connectivity index (χ1n) is 6.26. The number of nitriles is 1. The van der Waals surface area contributed by atoms with E-state index >= 15 is 0 Å². The standard InChI is InChI=1S/C15H13N3O3S/c1-10-5-6-13(8-14(10)22(17,20)21)18-15(19)12-4-2-3-11(7-12)9-16/h2-8H,1H3,(H,18,19)(H2,17,20,21). The lowest BCUT2D eigenvalue weighted by atomic mass is 10.1. The van der Waals surface area contributed by atoms with Gasteiger partial charge in [-0.1, -0.05) is 12.1 Å². The van der Waals surface area contributed by atoms with Crippen LogP contribution in [-0.2, 0) is 10.0 Å². The Morgan fingerprint density at radius 2 is 1.95 bits per heavy atom. The Morgan fingerprint density at radius 1 is 1.23 bits per heavy atom. The largest absolute Gasteiger partial charge is 0.322 e. The van der Waals surface area contributed by atoms with Gasteiger partial charge in [0.05, 0.1) is 16.5 Å². The number of sulfonamides is 1. The molecule has 0 heterocycles. The van der Waals surface area contributed by atoms with Crippen molar-refractivity contribution in [3.8, 4) is 6.07 Å². The maximum atomic E-state index is 12.1. The van der Waals surface area contributed by atoms with Gasteiger partial charge >= 0.3 is 0 Å². The fourth-order valence-electron chi connectivity index (χ4n) is 1.92. The molecule has 1 amide bonds. The average molecular weight is 315 g/mol. The average Bonchev–Trinajstić information content (AvgIpc) is 2.48. The van der Waals surface area contributed by atoms with Crippen molar-refractivity contribution in [2.75, 3.05) is 5.32 Å². The maximum absolute atomic E-state index is 12.1. The number of amides is 1. The van der Waals surface area contributed by atoms with Gasteiger partial charge in [-0.3, -0.25) is 4.79 Å². The molecule has 2 aromatic rings. The first kappa shape index (κ1) is 15.7. The smallest absolute Gasteiger partial charge is 0.255 e. The molecule has 0 aliphatic heterocycles. The number of nitrogens with zero attached hydrogens (tertiary/aromatic N) is 1. The second kappa shape index (κ2) is 5.97. The Labute approximate surface area is 128 Å². The fourth-order valence-corrected chi connectivity index (χ4v) is 2.73. The molecule has 3 N–H and O–H groups in total. The number of nitrogens with one attached hydrogen (secondary N) is 1. The summed E-state index contributed by atoms with van der Waals surface area (Å²) in [6.45, 7) is 1.61. The second-order valence-electron chi connectivity index (χ2n) is 4.67. The quantitative estimate of drug-likeness (QED) is 0.898. The topological polar surface area (TPSA) is 113 Å². The van der Waals surface area contributed by atoms with Gasteiger partial charge in [0.2, 0.25) is 10.0 Å². The van der Waals surface area contributed by atoms with Gasteiger partial charge in [-0.05, 0) is 42.8 Å². The zero-order valence-electron chi connectivity index (χ0n) is 11.7. The molecule has 7 heteroatoms. The van der Waals surface area contributed by atoms with E-state index in [4.69, 9.17) is 10.4 Å². The van der Waals surface area contributed by atoms with E-state index in [2.05, 4.69) is 5.32 Å². The molecular formula is C15H13N3O3S. The van der Waals surface area contributed by atoms with Crippen LogP contribution in [0.15, 0.2) is 47.4 Å². The molecule has 0 saturated heterocycles. The van der Waals surface area contributed by atoms with Gasteiger partial charge in [0.25, 0.3) is 5.91 Å². The molecule has 112 valence electrons. The molecule has 0 bridgehead atoms. The van der Waals surface area contributed by atoms with Crippen LogP contribution in [0.5, 0.6) is 0 Å². The van der Waals surface area contributed by atoms with Crippen molar-refractivity contribution in [3.63, 3.8) is 0 Å². The van der Waals surface area contributed by atoms with E-state index in [1.54, 1.807) is 37.3 Å². The summed E-state index contributed by atoms with van der Waals surface area (Å²) in [6.07, 6.45) is 0. The first-order chi connectivity index (χ1) is 10.3. The molecule has 22 heavy (non-hydrogen) atoms. The van der Waals surface area contributed by atoms with Crippen LogP contribution in [0.25, 0.3) is 0 Å². The molecule has 6 nitrogen and oxygen atoms in total. The van der Waals surface area contributed by atoms with Crippen LogP contribution in [0, 0.1) is 18.3 Å². The molecule has 0 unspecified atom stereocenters. The lowest BCUT2D eigenvalue weighted by molar-refractivity contribution is 0.102. The highest BCUT2D eigenvalue weighted by molar-refractivity contribution is 7.89. The van der Waals surface area contributed by atoms with Crippen LogP contribution in [0.4, 0.5) is 5.69 Å². The van der Waals surface area contributed by atoms with Gasteiger partial charge in [-0.15, -0.1) is 0 Å². The van der Waals surface area contributed by atoms with E-state index in [-0.39, 0.29) is 4.90 Å². The van der Waals surface area contributed by atoms with Crippen LogP contribution >= 0.6 is 0 Å². The van der Waals surface area contributed by atoms with E-state index in [1.807, 2.05) is 6.07 Å². The molecule has 0 aliphatic carbocycles. The molecule has 0 aliphatic rings. The van der Waals surface area contributed by atoms with E-state index in [9.17, 15) is 13.2 Å². The monoisotopic (exact) mass is 315 g/mol. The highest BCUT2D eigenvalue weighted by Gasteiger charge is 2.14. The number of hydrogen-bond donors (Lipinski definition) is 2. The van der Waals surface area contributed by atoms with Crippen LogP contribution in [0.2, 0.25) is 0 Å². The van der Waals surface area contributed by atoms with Gasteiger partial charge in [0, 0.05) is 11.3 Å². The highest BCUT2D eigenvalue weighted by Crippen LogP contribution is 2.19. The van der Waals surface area contributed by atoms with E-state index in [0.717, 1.165) is 0 Å². The van der Waals surface area contributed by atoms with Crippen molar-refractivity contribution < 1.29 is 13.2 Å². The Morgan fingerprint density at radius 3 is 2.59 bits per heavy atom. The normalized spacial score (nSPS) is 10.8. The highest BCUT2D eigenvalue weighted by atomic mass is 32.2. The number of benzene rings is 2. The molecule has 2 rings (SSSR count). The van der Waals surface area contributed by atoms with E-state index in [1.165, 1.54) is 12.1 Å². The SMILES string of the molecule is Cc1ccc(NC(=O)c2cccc(C#N)c2)cc1S(N)(=O)=O. The number of nitrogens with two attached hydrogens (primary N) is 1. The van der Waals surface area contributed by atoms with Crippen molar-refractivity contribution in [3.05, 3.63) is 59.2 Å². The molecule has 2 aromatic carbocycles. The Balaban J connectivity index is 2.31. The van der Waals surface area contributed by atoms with Crippen LogP contribution in [0.3, 0.4) is 0 Å². The third kappa shape index (κ3) is 3.49. The Kier molecular flexibility index (Phi) is 4.26. The number of hydrogen-bond acceptors (Lipinski definition) is 4. The first-order valence-corrected chi connectivity index (χ1v) is 7.81. The van der Waals surface area contributed by atoms with Crippen LogP contribution < -0.4 is 10.5 Å². The lowest BCUT2D eigenvalue weighted by Gasteiger charge is -2.09. The zero-order valence-corrected chi connectivity index (χ0v) is 12.5. The van der Waals surface area contributed by atoms with Crippen molar-refractivity contribution in [1.82, 2.24) is 0 Å². The van der Waals surface area contributed by atoms with Crippen molar-refractivity contribution >= 4 is 21.6 Å². The molecule has 0 atom stereocenters. The summed E-state index contributed by atoms with van der Waals surface area (Å²) < 4.78 is 22.9. The molecule has 0 radical (unpaired) electrons. The summed E-state index contributed by atoms with van der Waals surface area (Å²) in [4.78, 5) is 12.1. The summed E-state index contributed by atoms with van der Waals surface area (Å²) in [6, 6.07) is 12.6. The number of anilines is 1. The summed E-state index contributed by atoms with van der Waals surface area (Å²) in [5, 5.41) is 16.5. The molecular weight excluding hydrogens is 302 g/mol. The zero-order chi connectivity index (χ0) is 16.3. The number of carbonyl (C=O) groups is 1. The van der Waals surface area contributed by atoms with E-state index < -0.39 is 15.9 Å². The number of rotatable bonds is 3. The van der Waals surface area contributed by atoms with Gasteiger partial charge < -0.3 is 5.32 Å². The number of carbonyl (C=O) groups excluding carboxylic acids is 1. The Bertz CT molecular complexity index is 883. The van der Waals surface area contributed by atoms with Crippen molar-refractivity contribution in [2.45, 2.75) is 11.8 Å². The number of aryl methyl sites for hydroxylation is 1. The third-order valence-electron chi connectivity index (χ3n) is 3.01. The summed E-state index contributed by atoms with van der Waals surface area (Å²) in [5.41, 5.74) is 1.47. The summed E-state index contributed by atoms with van der Waals surface area (Å²) in [7, 11) is -3.86. The van der Waals surface area contributed by atoms with Crippen LogP contribution in [-0.4, -0.2) is 14.3 Å². The Hall–Kier alpha value is -2.69. The summed E-state index contributed by atoms with van der Waals surface area (Å²) in [5.74, 6) is -0.443. The number of primary sulfonamides is 1. The molecule has 0 spiro atoms. The fraction of sp³-hybridized carbons (Fsp3) is 0.0667. The van der Waals surface area contributed by atoms with Gasteiger partial charge in [-0.25, -0.2) is 13.6 Å². The minimum atomic E-state index is -3.86. The lowest BCUT2D eigenvalue weighted by Crippen LogP contribution is -2.16. The molecule has 0 fully saturated rings. The van der Waals surface area contributed by atoms with Gasteiger partial charge in [-0.2, -0.15) is 5.26 Å². The van der Waals surface area contributed by atoms with Crippen molar-refractivity contribution in [2.24, 2.45) is 5.14 Å². The van der Waals surface area contributed by atoms with Crippen LogP contribution in [0.1, 0.15) is 21.5 Å². The van der Waals surface area contributed by atoms with Crippen molar-refractivity contribution in [1.29, 1.82) is 5.26 Å². The summed E-state index contributed by atoms with van der Waals surface area (Å²) >= 11 is 0. The predicted molar refractivity (Wildman–Crippen MR) is 81.7 cm³/mol. The van der Waals surface area contributed by atoms with Gasteiger partial charge in [0.1, 0.15) is 0 Å². The molecule has 0 saturated carbocycles. The predicted octanol–water partition coefficient (Wildman–Crippen LogP) is 1.77. The maximum Gasteiger partial charge on any atom is 0.255 e. The second-order valence-corrected chi connectivity index (χ2v) is 6.20.